The molecular formula is C17H17ClN4O. The minimum atomic E-state index is -0.0683. The molecule has 0 radical (unpaired) electrons. The zero-order valence-electron chi connectivity index (χ0n) is 12.8. The summed E-state index contributed by atoms with van der Waals surface area (Å²) in [7, 11) is 0. The highest BCUT2D eigenvalue weighted by Crippen LogP contribution is 2.17. The molecule has 2 heterocycles. The minimum Gasteiger partial charge on any atom is -0.352 e. The van der Waals surface area contributed by atoms with E-state index in [2.05, 4.69) is 20.3 Å². The Labute approximate surface area is 139 Å². The monoisotopic (exact) mass is 328 g/mol. The number of hydrogen-bond donors (Lipinski definition) is 2. The Balaban J connectivity index is 1.53. The van der Waals surface area contributed by atoms with Crippen molar-refractivity contribution < 1.29 is 4.79 Å². The summed E-state index contributed by atoms with van der Waals surface area (Å²) in [5, 5.41) is 3.61. The lowest BCUT2D eigenvalue weighted by Gasteiger charge is -2.06. The number of hydrogen-bond acceptors (Lipinski definition) is 3. The predicted molar refractivity (Wildman–Crippen MR) is 90.7 cm³/mol. The van der Waals surface area contributed by atoms with Crippen molar-refractivity contribution in [2.75, 3.05) is 6.54 Å². The van der Waals surface area contributed by atoms with Gasteiger partial charge in [0, 0.05) is 35.9 Å². The van der Waals surface area contributed by atoms with E-state index in [1.807, 2.05) is 25.1 Å². The van der Waals surface area contributed by atoms with Gasteiger partial charge in [-0.2, -0.15) is 0 Å². The Kier molecular flexibility index (Phi) is 4.57. The van der Waals surface area contributed by atoms with Gasteiger partial charge in [-0.1, -0.05) is 11.6 Å². The molecule has 2 N–H and O–H groups in total. The Hall–Kier alpha value is -2.40. The number of nitrogens with zero attached hydrogens (tertiary/aromatic N) is 2. The Morgan fingerprint density at radius 3 is 3.04 bits per heavy atom. The third-order valence-corrected chi connectivity index (χ3v) is 3.87. The van der Waals surface area contributed by atoms with E-state index in [-0.39, 0.29) is 5.91 Å². The van der Waals surface area contributed by atoms with Crippen molar-refractivity contribution >= 4 is 28.5 Å². The molecule has 3 aromatic rings. The molecule has 0 aliphatic heterocycles. The summed E-state index contributed by atoms with van der Waals surface area (Å²) in [6.07, 6.45) is 4.89. The number of fused-ring (bicyclic) bond motifs is 1. The highest BCUT2D eigenvalue weighted by Gasteiger charge is 2.08. The summed E-state index contributed by atoms with van der Waals surface area (Å²) in [6, 6.07) is 7.31. The van der Waals surface area contributed by atoms with E-state index >= 15 is 0 Å². The molecule has 1 amide bonds. The lowest BCUT2D eigenvalue weighted by molar-refractivity contribution is 0.0952. The van der Waals surface area contributed by atoms with Crippen molar-refractivity contribution in [1.29, 1.82) is 0 Å². The molecule has 0 saturated carbocycles. The van der Waals surface area contributed by atoms with Gasteiger partial charge < -0.3 is 10.3 Å². The molecule has 23 heavy (non-hydrogen) atoms. The summed E-state index contributed by atoms with van der Waals surface area (Å²) < 4.78 is 0. The molecular weight excluding hydrogens is 312 g/mol. The molecule has 118 valence electrons. The zero-order valence-corrected chi connectivity index (χ0v) is 13.5. The maximum absolute atomic E-state index is 12.1. The smallest absolute Gasteiger partial charge is 0.251 e. The fourth-order valence-corrected chi connectivity index (χ4v) is 2.61. The molecule has 6 heteroatoms. The van der Waals surface area contributed by atoms with Gasteiger partial charge in [-0.25, -0.2) is 4.98 Å². The standard InChI is InChI=1S/C17H17ClN4O/c1-11-10-19-8-6-13(11)17(23)20-7-2-3-16-21-14-5-4-12(18)9-15(14)22-16/h4-6,8-10H,2-3,7H2,1H3,(H,20,23)(H,21,22). The summed E-state index contributed by atoms with van der Waals surface area (Å²) >= 11 is 5.96. The molecule has 1 aromatic carbocycles. The molecule has 0 atom stereocenters. The fourth-order valence-electron chi connectivity index (χ4n) is 2.43. The Bertz CT molecular complexity index is 843. The van der Waals surface area contributed by atoms with Gasteiger partial charge in [-0.3, -0.25) is 9.78 Å². The van der Waals surface area contributed by atoms with Crippen LogP contribution < -0.4 is 5.32 Å². The van der Waals surface area contributed by atoms with Crippen molar-refractivity contribution in [3.63, 3.8) is 0 Å². The highest BCUT2D eigenvalue weighted by atomic mass is 35.5. The van der Waals surface area contributed by atoms with Crippen LogP contribution in [0.3, 0.4) is 0 Å². The second-order valence-corrected chi connectivity index (χ2v) is 5.83. The van der Waals surface area contributed by atoms with E-state index in [0.717, 1.165) is 35.3 Å². The quantitative estimate of drug-likeness (QED) is 0.706. The van der Waals surface area contributed by atoms with Crippen molar-refractivity contribution in [1.82, 2.24) is 20.3 Å². The van der Waals surface area contributed by atoms with Crippen LogP contribution in [0.2, 0.25) is 5.02 Å². The molecule has 0 bridgehead atoms. The van der Waals surface area contributed by atoms with Gasteiger partial charge in [0.2, 0.25) is 0 Å². The second kappa shape index (κ2) is 6.79. The van der Waals surface area contributed by atoms with Gasteiger partial charge in [-0.15, -0.1) is 0 Å². The van der Waals surface area contributed by atoms with E-state index in [0.29, 0.717) is 17.1 Å². The first-order chi connectivity index (χ1) is 11.1. The van der Waals surface area contributed by atoms with Gasteiger partial charge >= 0.3 is 0 Å². The molecule has 0 unspecified atom stereocenters. The van der Waals surface area contributed by atoms with Gasteiger partial charge in [0.1, 0.15) is 5.82 Å². The maximum atomic E-state index is 12.1. The van der Waals surface area contributed by atoms with Crippen LogP contribution in [0.15, 0.2) is 36.7 Å². The summed E-state index contributed by atoms with van der Waals surface area (Å²) in [4.78, 5) is 23.8. The van der Waals surface area contributed by atoms with Gasteiger partial charge in [-0.05, 0) is 43.2 Å². The largest absolute Gasteiger partial charge is 0.352 e. The van der Waals surface area contributed by atoms with E-state index < -0.39 is 0 Å². The number of nitrogens with one attached hydrogen (secondary N) is 2. The van der Waals surface area contributed by atoms with E-state index in [1.54, 1.807) is 18.5 Å². The number of aromatic nitrogens is 3. The van der Waals surface area contributed by atoms with E-state index in [1.165, 1.54) is 0 Å². The normalized spacial score (nSPS) is 10.9. The van der Waals surface area contributed by atoms with Crippen LogP contribution in [-0.2, 0) is 6.42 Å². The third-order valence-electron chi connectivity index (χ3n) is 3.63. The number of amides is 1. The molecule has 0 aliphatic rings. The van der Waals surface area contributed by atoms with Crippen molar-refractivity contribution in [3.05, 3.63) is 58.6 Å². The third kappa shape index (κ3) is 3.68. The minimum absolute atomic E-state index is 0.0683. The molecule has 0 aliphatic carbocycles. The number of imidazole rings is 1. The molecule has 0 saturated heterocycles. The number of carbonyl (C=O) groups excluding carboxylic acids is 1. The number of carbonyl (C=O) groups is 1. The van der Waals surface area contributed by atoms with Crippen LogP contribution in [0.1, 0.15) is 28.2 Å². The summed E-state index contributed by atoms with van der Waals surface area (Å²) in [5.74, 6) is 0.831. The van der Waals surface area contributed by atoms with Crippen molar-refractivity contribution in [2.24, 2.45) is 0 Å². The SMILES string of the molecule is Cc1cnccc1C(=O)NCCCc1nc2ccc(Cl)cc2[nH]1. The maximum Gasteiger partial charge on any atom is 0.251 e. The van der Waals surface area contributed by atoms with Crippen molar-refractivity contribution in [2.45, 2.75) is 19.8 Å². The molecule has 0 spiro atoms. The summed E-state index contributed by atoms with van der Waals surface area (Å²) in [6.45, 7) is 2.47. The number of halogens is 1. The topological polar surface area (TPSA) is 70.7 Å². The first-order valence-electron chi connectivity index (χ1n) is 7.46. The van der Waals surface area contributed by atoms with Crippen LogP contribution in [0.25, 0.3) is 11.0 Å². The second-order valence-electron chi connectivity index (χ2n) is 5.40. The van der Waals surface area contributed by atoms with E-state index in [9.17, 15) is 4.79 Å². The Morgan fingerprint density at radius 2 is 2.22 bits per heavy atom. The van der Waals surface area contributed by atoms with Crippen LogP contribution in [0.4, 0.5) is 0 Å². The molecule has 2 aromatic heterocycles. The van der Waals surface area contributed by atoms with Crippen LogP contribution in [-0.4, -0.2) is 27.4 Å². The molecule has 0 fully saturated rings. The first-order valence-corrected chi connectivity index (χ1v) is 7.84. The summed E-state index contributed by atoms with van der Waals surface area (Å²) in [5.41, 5.74) is 3.38. The molecule has 3 rings (SSSR count). The number of rotatable bonds is 5. The van der Waals surface area contributed by atoms with Gasteiger partial charge in [0.05, 0.1) is 11.0 Å². The first kappa shape index (κ1) is 15.5. The average molecular weight is 329 g/mol. The number of H-pyrrole nitrogens is 1. The zero-order chi connectivity index (χ0) is 16.2. The van der Waals surface area contributed by atoms with Crippen LogP contribution in [0.5, 0.6) is 0 Å². The van der Waals surface area contributed by atoms with E-state index in [4.69, 9.17) is 11.6 Å². The lowest BCUT2D eigenvalue weighted by atomic mass is 10.1. The fraction of sp³-hybridized carbons (Fsp3) is 0.235. The average Bonchev–Trinajstić information content (AvgIpc) is 2.93. The number of pyridine rings is 1. The van der Waals surface area contributed by atoms with Crippen LogP contribution in [0, 0.1) is 6.92 Å². The van der Waals surface area contributed by atoms with Gasteiger partial charge in [0.25, 0.3) is 5.91 Å². The van der Waals surface area contributed by atoms with Gasteiger partial charge in [0.15, 0.2) is 0 Å². The number of benzene rings is 1. The molecule has 5 nitrogen and oxygen atoms in total. The lowest BCUT2D eigenvalue weighted by Crippen LogP contribution is -2.25. The number of aryl methyl sites for hydroxylation is 2. The Morgan fingerprint density at radius 1 is 1.35 bits per heavy atom. The highest BCUT2D eigenvalue weighted by molar-refractivity contribution is 6.31. The van der Waals surface area contributed by atoms with Crippen molar-refractivity contribution in [3.8, 4) is 0 Å². The number of aromatic amines is 1. The predicted octanol–water partition coefficient (Wildman–Crippen LogP) is 3.28. The van der Waals surface area contributed by atoms with Crippen LogP contribution >= 0.6 is 11.6 Å².